The van der Waals surface area contributed by atoms with Crippen LogP contribution in [-0.2, 0) is 0 Å². The van der Waals surface area contributed by atoms with Gasteiger partial charge in [-0.25, -0.2) is 0 Å². The SMILES string of the molecule is C1CCC2(C1)CCN(C1CC1)CC2. The summed E-state index contributed by atoms with van der Waals surface area (Å²) in [4.78, 5) is 2.75. The first-order valence-electron chi connectivity index (χ1n) is 6.12. The summed E-state index contributed by atoms with van der Waals surface area (Å²) in [6.45, 7) is 2.84. The normalized spacial score (nSPS) is 34.2. The molecular weight excluding hydrogens is 158 g/mol. The van der Waals surface area contributed by atoms with E-state index in [1.807, 2.05) is 0 Å². The quantitative estimate of drug-likeness (QED) is 0.598. The summed E-state index contributed by atoms with van der Waals surface area (Å²) in [6.07, 6.45) is 12.1. The zero-order valence-corrected chi connectivity index (χ0v) is 8.60. The van der Waals surface area contributed by atoms with Gasteiger partial charge in [-0.2, -0.15) is 0 Å². The minimum absolute atomic E-state index is 0.825. The van der Waals surface area contributed by atoms with Crippen molar-refractivity contribution in [2.45, 2.75) is 57.4 Å². The zero-order valence-electron chi connectivity index (χ0n) is 8.60. The minimum atomic E-state index is 0.825. The van der Waals surface area contributed by atoms with Crippen LogP contribution in [0.15, 0.2) is 0 Å². The molecule has 1 spiro atoms. The average Bonchev–Trinajstić information content (AvgIpc) is 2.91. The lowest BCUT2D eigenvalue weighted by molar-refractivity contribution is 0.103. The predicted molar refractivity (Wildman–Crippen MR) is 54.7 cm³/mol. The molecule has 0 aromatic heterocycles. The largest absolute Gasteiger partial charge is 0.300 e. The molecule has 1 heterocycles. The average molecular weight is 179 g/mol. The molecule has 0 bridgehead atoms. The highest BCUT2D eigenvalue weighted by Crippen LogP contribution is 2.47. The molecule has 0 unspecified atom stereocenters. The molecule has 1 heteroatoms. The summed E-state index contributed by atoms with van der Waals surface area (Å²) < 4.78 is 0. The Morgan fingerprint density at radius 2 is 1.46 bits per heavy atom. The second-order valence-corrected chi connectivity index (χ2v) is 5.47. The highest BCUT2D eigenvalue weighted by molar-refractivity contribution is 4.94. The van der Waals surface area contributed by atoms with Gasteiger partial charge in [0.2, 0.25) is 0 Å². The Morgan fingerprint density at radius 1 is 0.846 bits per heavy atom. The lowest BCUT2D eigenvalue weighted by atomic mass is 9.77. The Morgan fingerprint density at radius 3 is 2.00 bits per heavy atom. The maximum absolute atomic E-state index is 2.75. The van der Waals surface area contributed by atoms with Crippen LogP contribution in [0.3, 0.4) is 0 Å². The summed E-state index contributed by atoms with van der Waals surface area (Å²) in [5, 5.41) is 0. The summed E-state index contributed by atoms with van der Waals surface area (Å²) in [6, 6.07) is 1.01. The number of hydrogen-bond acceptors (Lipinski definition) is 1. The van der Waals surface area contributed by atoms with Gasteiger partial charge in [0.15, 0.2) is 0 Å². The third-order valence-corrected chi connectivity index (χ3v) is 4.59. The Balaban J connectivity index is 1.59. The maximum Gasteiger partial charge on any atom is 0.00964 e. The fourth-order valence-electron chi connectivity index (χ4n) is 3.43. The second-order valence-electron chi connectivity index (χ2n) is 5.47. The number of likely N-dealkylation sites (tertiary alicyclic amines) is 1. The van der Waals surface area contributed by atoms with Crippen LogP contribution in [0.25, 0.3) is 0 Å². The van der Waals surface area contributed by atoms with E-state index in [1.165, 1.54) is 51.6 Å². The molecule has 74 valence electrons. The van der Waals surface area contributed by atoms with Gasteiger partial charge in [-0.3, -0.25) is 0 Å². The molecule has 3 fully saturated rings. The van der Waals surface area contributed by atoms with Crippen LogP contribution >= 0.6 is 0 Å². The van der Waals surface area contributed by atoms with Crippen LogP contribution < -0.4 is 0 Å². The molecule has 0 radical (unpaired) electrons. The van der Waals surface area contributed by atoms with E-state index < -0.39 is 0 Å². The molecule has 0 aromatic rings. The highest BCUT2D eigenvalue weighted by atomic mass is 15.2. The Labute approximate surface area is 81.5 Å². The zero-order chi connectivity index (χ0) is 8.73. The molecule has 2 aliphatic carbocycles. The van der Waals surface area contributed by atoms with Gasteiger partial charge in [-0.1, -0.05) is 12.8 Å². The monoisotopic (exact) mass is 179 g/mol. The molecule has 1 nitrogen and oxygen atoms in total. The van der Waals surface area contributed by atoms with Crippen molar-refractivity contribution in [3.8, 4) is 0 Å². The predicted octanol–water partition coefficient (Wildman–Crippen LogP) is 2.81. The first kappa shape index (κ1) is 8.28. The summed E-state index contributed by atoms with van der Waals surface area (Å²) in [5.41, 5.74) is 0.825. The third kappa shape index (κ3) is 1.52. The van der Waals surface area contributed by atoms with Gasteiger partial charge in [0.1, 0.15) is 0 Å². The standard InChI is InChI=1S/C12H21N/c1-2-6-12(5-1)7-9-13(10-8-12)11-3-4-11/h11H,1-10H2. The summed E-state index contributed by atoms with van der Waals surface area (Å²) in [5.74, 6) is 0. The van der Waals surface area contributed by atoms with Crippen LogP contribution in [-0.4, -0.2) is 24.0 Å². The molecule has 0 aromatic carbocycles. The van der Waals surface area contributed by atoms with Gasteiger partial charge < -0.3 is 4.90 Å². The number of piperidine rings is 1. The summed E-state index contributed by atoms with van der Waals surface area (Å²) in [7, 11) is 0. The number of hydrogen-bond donors (Lipinski definition) is 0. The molecule has 3 rings (SSSR count). The van der Waals surface area contributed by atoms with Gasteiger partial charge in [-0.15, -0.1) is 0 Å². The van der Waals surface area contributed by atoms with Gasteiger partial charge in [0.25, 0.3) is 0 Å². The van der Waals surface area contributed by atoms with Crippen molar-refractivity contribution in [3.63, 3.8) is 0 Å². The third-order valence-electron chi connectivity index (χ3n) is 4.59. The van der Waals surface area contributed by atoms with E-state index in [2.05, 4.69) is 4.90 Å². The Bertz CT molecular complexity index is 179. The van der Waals surface area contributed by atoms with E-state index in [0.717, 1.165) is 11.5 Å². The van der Waals surface area contributed by atoms with Gasteiger partial charge in [-0.05, 0) is 57.0 Å². The fourth-order valence-corrected chi connectivity index (χ4v) is 3.43. The molecule has 0 atom stereocenters. The smallest absolute Gasteiger partial charge is 0.00964 e. The first-order valence-corrected chi connectivity index (χ1v) is 6.12. The highest BCUT2D eigenvalue weighted by Gasteiger charge is 2.40. The maximum atomic E-state index is 2.75. The van der Waals surface area contributed by atoms with E-state index in [4.69, 9.17) is 0 Å². The van der Waals surface area contributed by atoms with Gasteiger partial charge in [0.05, 0.1) is 0 Å². The van der Waals surface area contributed by atoms with Crippen LogP contribution in [0.2, 0.25) is 0 Å². The van der Waals surface area contributed by atoms with E-state index in [-0.39, 0.29) is 0 Å². The van der Waals surface area contributed by atoms with Crippen LogP contribution in [0.1, 0.15) is 51.4 Å². The van der Waals surface area contributed by atoms with Crippen molar-refractivity contribution >= 4 is 0 Å². The summed E-state index contributed by atoms with van der Waals surface area (Å²) >= 11 is 0. The van der Waals surface area contributed by atoms with Crippen LogP contribution in [0.5, 0.6) is 0 Å². The van der Waals surface area contributed by atoms with Gasteiger partial charge >= 0.3 is 0 Å². The van der Waals surface area contributed by atoms with Crippen LogP contribution in [0.4, 0.5) is 0 Å². The number of rotatable bonds is 1. The van der Waals surface area contributed by atoms with Crippen molar-refractivity contribution in [3.05, 3.63) is 0 Å². The Hall–Kier alpha value is -0.0400. The first-order chi connectivity index (χ1) is 6.38. The van der Waals surface area contributed by atoms with Crippen molar-refractivity contribution in [1.82, 2.24) is 4.90 Å². The molecule has 13 heavy (non-hydrogen) atoms. The fraction of sp³-hybridized carbons (Fsp3) is 1.00. The van der Waals surface area contributed by atoms with E-state index in [1.54, 1.807) is 12.8 Å². The molecule has 1 saturated heterocycles. The van der Waals surface area contributed by atoms with Gasteiger partial charge in [0, 0.05) is 6.04 Å². The Kier molecular flexibility index (Phi) is 1.90. The van der Waals surface area contributed by atoms with Crippen molar-refractivity contribution in [2.24, 2.45) is 5.41 Å². The van der Waals surface area contributed by atoms with E-state index in [9.17, 15) is 0 Å². The van der Waals surface area contributed by atoms with E-state index >= 15 is 0 Å². The van der Waals surface area contributed by atoms with Crippen molar-refractivity contribution < 1.29 is 0 Å². The van der Waals surface area contributed by atoms with Crippen molar-refractivity contribution in [1.29, 1.82) is 0 Å². The number of nitrogens with zero attached hydrogens (tertiary/aromatic N) is 1. The van der Waals surface area contributed by atoms with E-state index in [0.29, 0.717) is 0 Å². The topological polar surface area (TPSA) is 3.24 Å². The van der Waals surface area contributed by atoms with Crippen molar-refractivity contribution in [2.75, 3.05) is 13.1 Å². The second kappa shape index (κ2) is 2.98. The minimum Gasteiger partial charge on any atom is -0.300 e. The molecule has 3 aliphatic rings. The molecule has 1 aliphatic heterocycles. The molecular formula is C12H21N. The van der Waals surface area contributed by atoms with Crippen LogP contribution in [0, 0.1) is 5.41 Å². The lowest BCUT2D eigenvalue weighted by Gasteiger charge is -2.39. The molecule has 0 N–H and O–H groups in total. The lowest BCUT2D eigenvalue weighted by Crippen LogP contribution is -2.39. The molecule has 0 amide bonds. The molecule has 2 saturated carbocycles.